The van der Waals surface area contributed by atoms with Gasteiger partial charge >= 0.3 is 5.97 Å². The first-order valence-corrected chi connectivity index (χ1v) is 6.19. The van der Waals surface area contributed by atoms with Gasteiger partial charge in [-0.15, -0.1) is 5.10 Å². The van der Waals surface area contributed by atoms with Crippen LogP contribution in [0.2, 0.25) is 0 Å². The van der Waals surface area contributed by atoms with Crippen LogP contribution in [-0.2, 0) is 29.1 Å². The molecule has 21 heavy (non-hydrogen) atoms. The minimum absolute atomic E-state index is 0.0515. The number of aromatic hydroxyl groups is 1. The van der Waals surface area contributed by atoms with Crippen LogP contribution in [-0.4, -0.2) is 37.1 Å². The van der Waals surface area contributed by atoms with Crippen LogP contribution in [0, 0.1) is 0 Å². The number of carbonyl (C=O) groups is 2. The van der Waals surface area contributed by atoms with Crippen molar-refractivity contribution in [2.24, 2.45) is 0 Å². The zero-order valence-electron chi connectivity index (χ0n) is 11.1. The molecule has 0 aliphatic rings. The Bertz CT molecular complexity index is 653. The Morgan fingerprint density at radius 1 is 1.29 bits per heavy atom. The van der Waals surface area contributed by atoms with Crippen molar-refractivity contribution in [3.05, 3.63) is 41.7 Å². The van der Waals surface area contributed by atoms with Gasteiger partial charge in [0.25, 0.3) is 0 Å². The summed E-state index contributed by atoms with van der Waals surface area (Å²) < 4.78 is 1.17. The number of phenolic OH excluding ortho intramolecular Hbond substituents is 1. The number of rotatable bonds is 6. The van der Waals surface area contributed by atoms with Crippen molar-refractivity contribution in [2.45, 2.75) is 19.5 Å². The van der Waals surface area contributed by atoms with Gasteiger partial charge < -0.3 is 15.5 Å². The van der Waals surface area contributed by atoms with Crippen LogP contribution in [0.4, 0.5) is 0 Å². The fourth-order valence-corrected chi connectivity index (χ4v) is 1.72. The summed E-state index contributed by atoms with van der Waals surface area (Å²) in [6.07, 6.45) is 1.50. The maximum atomic E-state index is 11.8. The molecule has 2 aromatic rings. The highest BCUT2D eigenvalue weighted by Crippen LogP contribution is 2.15. The topological polar surface area (TPSA) is 117 Å². The number of hydrogen-bond donors (Lipinski definition) is 3. The number of aromatic nitrogens is 3. The molecule has 8 nitrogen and oxygen atoms in total. The van der Waals surface area contributed by atoms with Crippen molar-refractivity contribution in [3.63, 3.8) is 0 Å². The molecule has 1 amide bonds. The Balaban J connectivity index is 1.85. The SMILES string of the molecule is O=C(O)Cn1cc(CNC(=O)Cc2ccccc2O)nn1. The van der Waals surface area contributed by atoms with Crippen molar-refractivity contribution in [2.75, 3.05) is 0 Å². The largest absolute Gasteiger partial charge is 0.508 e. The Labute approximate surface area is 120 Å². The highest BCUT2D eigenvalue weighted by atomic mass is 16.4. The number of nitrogens with zero attached hydrogens (tertiary/aromatic N) is 3. The molecule has 0 radical (unpaired) electrons. The summed E-state index contributed by atoms with van der Waals surface area (Å²) in [7, 11) is 0. The van der Waals surface area contributed by atoms with Gasteiger partial charge in [0.05, 0.1) is 19.2 Å². The predicted octanol–water partition coefficient (Wildman–Crippen LogP) is -0.0728. The van der Waals surface area contributed by atoms with Gasteiger partial charge in [0.1, 0.15) is 18.0 Å². The van der Waals surface area contributed by atoms with E-state index in [9.17, 15) is 14.7 Å². The van der Waals surface area contributed by atoms with E-state index in [1.54, 1.807) is 18.2 Å². The molecule has 2 rings (SSSR count). The molecule has 0 bridgehead atoms. The molecule has 1 heterocycles. The average Bonchev–Trinajstić information content (AvgIpc) is 2.86. The van der Waals surface area contributed by atoms with E-state index in [4.69, 9.17) is 5.11 Å². The predicted molar refractivity (Wildman–Crippen MR) is 71.3 cm³/mol. The molecule has 1 aromatic carbocycles. The lowest BCUT2D eigenvalue weighted by Gasteiger charge is -2.04. The lowest BCUT2D eigenvalue weighted by molar-refractivity contribution is -0.138. The second-order valence-electron chi connectivity index (χ2n) is 4.38. The summed E-state index contributed by atoms with van der Waals surface area (Å²) in [6, 6.07) is 6.59. The third-order valence-corrected chi connectivity index (χ3v) is 2.69. The van der Waals surface area contributed by atoms with Crippen LogP contribution in [0.3, 0.4) is 0 Å². The number of para-hydroxylation sites is 1. The van der Waals surface area contributed by atoms with Crippen molar-refractivity contribution in [3.8, 4) is 5.75 Å². The smallest absolute Gasteiger partial charge is 0.325 e. The molecule has 0 aliphatic heterocycles. The first kappa shape index (κ1) is 14.5. The van der Waals surface area contributed by atoms with Gasteiger partial charge in [-0.3, -0.25) is 9.59 Å². The first-order valence-electron chi connectivity index (χ1n) is 6.19. The number of hydrogen-bond acceptors (Lipinski definition) is 5. The molecule has 1 aromatic heterocycles. The van der Waals surface area contributed by atoms with Crippen LogP contribution in [0.5, 0.6) is 5.75 Å². The Morgan fingerprint density at radius 2 is 2.05 bits per heavy atom. The van der Waals surface area contributed by atoms with E-state index in [2.05, 4.69) is 15.6 Å². The van der Waals surface area contributed by atoms with Gasteiger partial charge in [-0.2, -0.15) is 0 Å². The molecule has 0 saturated carbocycles. The summed E-state index contributed by atoms with van der Waals surface area (Å²) in [5, 5.41) is 28.2. The van der Waals surface area contributed by atoms with Crippen molar-refractivity contribution in [1.29, 1.82) is 0 Å². The second kappa shape index (κ2) is 6.51. The highest BCUT2D eigenvalue weighted by Gasteiger charge is 2.09. The van der Waals surface area contributed by atoms with Crippen molar-refractivity contribution < 1.29 is 19.8 Å². The van der Waals surface area contributed by atoms with Crippen LogP contribution >= 0.6 is 0 Å². The van der Waals surface area contributed by atoms with Crippen molar-refractivity contribution in [1.82, 2.24) is 20.3 Å². The quantitative estimate of drug-likeness (QED) is 0.685. The van der Waals surface area contributed by atoms with E-state index in [1.807, 2.05) is 0 Å². The molecule has 0 spiro atoms. The lowest BCUT2D eigenvalue weighted by atomic mass is 10.1. The first-order chi connectivity index (χ1) is 10.0. The standard InChI is InChI=1S/C13H14N4O4/c18-11-4-2-1-3-9(11)5-12(19)14-6-10-7-17(16-15-10)8-13(20)21/h1-4,7,18H,5-6,8H2,(H,14,19)(H,20,21). The molecular formula is C13H14N4O4. The molecule has 110 valence electrons. The van der Waals surface area contributed by atoms with E-state index in [0.29, 0.717) is 11.3 Å². The number of aliphatic carboxylic acids is 1. The van der Waals surface area contributed by atoms with E-state index in [1.165, 1.54) is 16.9 Å². The maximum Gasteiger partial charge on any atom is 0.325 e. The number of benzene rings is 1. The molecule has 0 fully saturated rings. The zero-order valence-corrected chi connectivity index (χ0v) is 11.1. The summed E-state index contributed by atoms with van der Waals surface area (Å²) in [4.78, 5) is 22.2. The van der Waals surface area contributed by atoms with Crippen LogP contribution in [0.15, 0.2) is 30.5 Å². The fraction of sp³-hybridized carbons (Fsp3) is 0.231. The number of carboxylic acid groups (broad SMARTS) is 1. The minimum Gasteiger partial charge on any atom is -0.508 e. The summed E-state index contributed by atoms with van der Waals surface area (Å²) >= 11 is 0. The molecule has 3 N–H and O–H groups in total. The van der Waals surface area contributed by atoms with Crippen LogP contribution in [0.25, 0.3) is 0 Å². The zero-order chi connectivity index (χ0) is 15.2. The lowest BCUT2D eigenvalue weighted by Crippen LogP contribution is -2.24. The van der Waals surface area contributed by atoms with Gasteiger partial charge in [0, 0.05) is 5.56 Å². The van der Waals surface area contributed by atoms with Gasteiger partial charge in [0.15, 0.2) is 0 Å². The van der Waals surface area contributed by atoms with Crippen LogP contribution < -0.4 is 5.32 Å². The third kappa shape index (κ3) is 4.30. The number of carbonyl (C=O) groups excluding carboxylic acids is 1. The van der Waals surface area contributed by atoms with Crippen molar-refractivity contribution >= 4 is 11.9 Å². The molecule has 0 atom stereocenters. The second-order valence-corrected chi connectivity index (χ2v) is 4.38. The number of nitrogens with one attached hydrogen (secondary N) is 1. The Kier molecular flexibility index (Phi) is 4.50. The fourth-order valence-electron chi connectivity index (χ4n) is 1.72. The summed E-state index contributed by atoms with van der Waals surface area (Å²) in [6.45, 7) is -0.134. The summed E-state index contributed by atoms with van der Waals surface area (Å²) in [5.41, 5.74) is 0.992. The van der Waals surface area contributed by atoms with E-state index < -0.39 is 5.97 Å². The molecule has 0 unspecified atom stereocenters. The molecule has 0 aliphatic carbocycles. The summed E-state index contributed by atoms with van der Waals surface area (Å²) in [5.74, 6) is -1.22. The Morgan fingerprint density at radius 3 is 2.76 bits per heavy atom. The van der Waals surface area contributed by atoms with Gasteiger partial charge in [-0.25, -0.2) is 4.68 Å². The van der Waals surface area contributed by atoms with E-state index >= 15 is 0 Å². The monoisotopic (exact) mass is 290 g/mol. The molecule has 8 heteroatoms. The molecule has 0 saturated heterocycles. The Hall–Kier alpha value is -2.90. The maximum absolute atomic E-state index is 11.8. The average molecular weight is 290 g/mol. The van der Waals surface area contributed by atoms with E-state index in [0.717, 1.165) is 0 Å². The normalized spacial score (nSPS) is 10.3. The minimum atomic E-state index is -1.02. The molecular weight excluding hydrogens is 276 g/mol. The third-order valence-electron chi connectivity index (χ3n) is 2.69. The van der Waals surface area contributed by atoms with Gasteiger partial charge in [-0.1, -0.05) is 23.4 Å². The number of phenols is 1. The highest BCUT2D eigenvalue weighted by molar-refractivity contribution is 5.79. The number of amides is 1. The van der Waals surface area contributed by atoms with Crippen LogP contribution in [0.1, 0.15) is 11.3 Å². The number of carboxylic acids is 1. The van der Waals surface area contributed by atoms with Gasteiger partial charge in [-0.05, 0) is 6.07 Å². The van der Waals surface area contributed by atoms with E-state index in [-0.39, 0.29) is 31.2 Å². The van der Waals surface area contributed by atoms with Gasteiger partial charge in [0.2, 0.25) is 5.91 Å².